The van der Waals surface area contributed by atoms with Crippen molar-refractivity contribution in [1.29, 1.82) is 0 Å². The van der Waals surface area contributed by atoms with Crippen LogP contribution in [0.3, 0.4) is 0 Å². The molecular weight excluding hydrogens is 293 g/mol. The Balaban J connectivity index is 2.25. The summed E-state index contributed by atoms with van der Waals surface area (Å²) in [5.41, 5.74) is 0. The zero-order valence-corrected chi connectivity index (χ0v) is 11.7. The van der Waals surface area contributed by atoms with Crippen LogP contribution in [0.15, 0.2) is 0 Å². The Morgan fingerprint density at radius 1 is 1.43 bits per heavy atom. The van der Waals surface area contributed by atoms with Gasteiger partial charge in [-0.1, -0.05) is 0 Å². The van der Waals surface area contributed by atoms with Crippen molar-refractivity contribution in [2.75, 3.05) is 26.3 Å². The van der Waals surface area contributed by atoms with Gasteiger partial charge in [0.1, 0.15) is 6.61 Å². The molecule has 1 fully saturated rings. The molecule has 0 aromatic rings. The van der Waals surface area contributed by atoms with E-state index in [1.54, 1.807) is 6.92 Å². The smallest absolute Gasteiger partial charge is 0.411 e. The maximum atomic E-state index is 11.8. The number of nitrogens with one attached hydrogen (secondary N) is 1. The summed E-state index contributed by atoms with van der Waals surface area (Å²) in [6.45, 7) is 0.456. The molecule has 2 unspecified atom stereocenters. The number of aliphatic carboxylic acids is 1. The Hall–Kier alpha value is -1.51. The Morgan fingerprint density at radius 3 is 2.62 bits per heavy atom. The first-order valence-electron chi connectivity index (χ1n) is 6.62. The van der Waals surface area contributed by atoms with Crippen LogP contribution in [0.25, 0.3) is 0 Å². The summed E-state index contributed by atoms with van der Waals surface area (Å²) >= 11 is 0. The van der Waals surface area contributed by atoms with Crippen LogP contribution in [-0.4, -0.2) is 60.5 Å². The van der Waals surface area contributed by atoms with E-state index < -0.39 is 30.7 Å². The Bertz CT molecular complexity index is 376. The summed E-state index contributed by atoms with van der Waals surface area (Å²) in [4.78, 5) is 24.2. The van der Waals surface area contributed by atoms with Gasteiger partial charge in [-0.3, -0.25) is 4.79 Å². The molecule has 1 rings (SSSR count). The number of carboxylic acids is 1. The number of carbonyl (C=O) groups is 2. The molecule has 1 aliphatic heterocycles. The molecule has 2 N–H and O–H groups in total. The quantitative estimate of drug-likeness (QED) is 0.753. The number of ether oxygens (including phenoxy) is 1. The van der Waals surface area contributed by atoms with E-state index in [0.29, 0.717) is 19.4 Å². The van der Waals surface area contributed by atoms with Crippen molar-refractivity contribution in [3.8, 4) is 0 Å². The predicted octanol–water partition coefficient (Wildman–Crippen LogP) is 1.46. The van der Waals surface area contributed by atoms with E-state index in [2.05, 4.69) is 10.1 Å². The van der Waals surface area contributed by atoms with E-state index in [1.165, 1.54) is 4.90 Å². The fourth-order valence-corrected chi connectivity index (χ4v) is 2.22. The Morgan fingerprint density at radius 2 is 2.10 bits per heavy atom. The topological polar surface area (TPSA) is 78.9 Å². The van der Waals surface area contributed by atoms with Gasteiger partial charge in [0.2, 0.25) is 0 Å². The molecular formula is C12H19F3N2O4. The molecule has 1 saturated heterocycles. The van der Waals surface area contributed by atoms with Crippen molar-refractivity contribution in [3.05, 3.63) is 0 Å². The molecule has 122 valence electrons. The van der Waals surface area contributed by atoms with E-state index in [0.717, 1.165) is 0 Å². The molecule has 0 saturated carbocycles. The highest BCUT2D eigenvalue weighted by atomic mass is 19.4. The largest absolute Gasteiger partial charge is 0.481 e. The van der Waals surface area contributed by atoms with Gasteiger partial charge in [0.15, 0.2) is 0 Å². The molecule has 6 nitrogen and oxygen atoms in total. The highest BCUT2D eigenvalue weighted by molar-refractivity contribution is 5.75. The average molecular weight is 312 g/mol. The first-order chi connectivity index (χ1) is 9.70. The number of carboxylic acid groups (broad SMARTS) is 1. The summed E-state index contributed by atoms with van der Waals surface area (Å²) < 4.78 is 39.8. The first-order valence-corrected chi connectivity index (χ1v) is 6.62. The fourth-order valence-electron chi connectivity index (χ4n) is 2.22. The van der Waals surface area contributed by atoms with Crippen molar-refractivity contribution in [3.63, 3.8) is 0 Å². The number of hydrogen-bond acceptors (Lipinski definition) is 3. The highest BCUT2D eigenvalue weighted by Crippen LogP contribution is 2.22. The Labute approximate surface area is 120 Å². The number of hydrogen-bond donors (Lipinski definition) is 2. The lowest BCUT2D eigenvalue weighted by Crippen LogP contribution is -2.50. The second-order valence-corrected chi connectivity index (χ2v) is 5.00. The number of likely N-dealkylation sites (tertiary alicyclic amines) is 1. The number of alkyl halides is 3. The first kappa shape index (κ1) is 17.5. The number of nitrogens with zero attached hydrogens (tertiary/aromatic N) is 1. The number of halogens is 3. The monoisotopic (exact) mass is 312 g/mol. The maximum absolute atomic E-state index is 11.8. The number of amides is 2. The molecule has 0 aliphatic carbocycles. The molecule has 9 heteroatoms. The molecule has 0 bridgehead atoms. The van der Waals surface area contributed by atoms with Gasteiger partial charge in [0.25, 0.3) is 0 Å². The average Bonchev–Trinajstić information content (AvgIpc) is 2.36. The highest BCUT2D eigenvalue weighted by Gasteiger charge is 2.32. The fraction of sp³-hybridized carbons (Fsp3) is 0.833. The second-order valence-electron chi connectivity index (χ2n) is 5.00. The molecule has 21 heavy (non-hydrogen) atoms. The number of carbonyl (C=O) groups excluding carboxylic acids is 1. The number of piperidine rings is 1. The maximum Gasteiger partial charge on any atom is 0.411 e. The lowest BCUT2D eigenvalue weighted by molar-refractivity contribution is -0.173. The van der Waals surface area contributed by atoms with E-state index >= 15 is 0 Å². The van der Waals surface area contributed by atoms with Crippen molar-refractivity contribution >= 4 is 12.0 Å². The lowest BCUT2D eigenvalue weighted by atomic mass is 9.92. The SMILES string of the molecule is CC1CC(C(=O)O)CCN1C(=O)NCCOCC(F)(F)F. The van der Waals surface area contributed by atoms with Crippen LogP contribution in [0.5, 0.6) is 0 Å². The van der Waals surface area contributed by atoms with Gasteiger partial charge in [-0.2, -0.15) is 13.2 Å². The summed E-state index contributed by atoms with van der Waals surface area (Å²) in [6.07, 6.45) is -3.64. The molecule has 2 atom stereocenters. The van der Waals surface area contributed by atoms with Gasteiger partial charge in [0, 0.05) is 19.1 Å². The van der Waals surface area contributed by atoms with Gasteiger partial charge < -0.3 is 20.1 Å². The summed E-state index contributed by atoms with van der Waals surface area (Å²) in [5.74, 6) is -1.33. The minimum absolute atomic E-state index is 0.0273. The van der Waals surface area contributed by atoms with E-state index in [9.17, 15) is 22.8 Å². The van der Waals surface area contributed by atoms with Gasteiger partial charge in [-0.15, -0.1) is 0 Å². The normalized spacial score (nSPS) is 23.0. The van der Waals surface area contributed by atoms with Crippen LogP contribution in [0.2, 0.25) is 0 Å². The van der Waals surface area contributed by atoms with Gasteiger partial charge in [-0.05, 0) is 19.8 Å². The third-order valence-electron chi connectivity index (χ3n) is 3.27. The predicted molar refractivity (Wildman–Crippen MR) is 66.8 cm³/mol. The van der Waals surface area contributed by atoms with Crippen LogP contribution in [0.4, 0.5) is 18.0 Å². The minimum atomic E-state index is -4.38. The van der Waals surface area contributed by atoms with Gasteiger partial charge in [0.05, 0.1) is 12.5 Å². The summed E-state index contributed by atoms with van der Waals surface area (Å²) in [6, 6.07) is -0.641. The second kappa shape index (κ2) is 7.48. The zero-order valence-electron chi connectivity index (χ0n) is 11.7. The van der Waals surface area contributed by atoms with E-state index in [1.807, 2.05) is 0 Å². The number of urea groups is 1. The minimum Gasteiger partial charge on any atom is -0.481 e. The van der Waals surface area contributed by atoms with Crippen LogP contribution in [0.1, 0.15) is 19.8 Å². The molecule has 0 aromatic carbocycles. The van der Waals surface area contributed by atoms with E-state index in [4.69, 9.17) is 5.11 Å². The molecule has 0 spiro atoms. The molecule has 0 radical (unpaired) electrons. The van der Waals surface area contributed by atoms with Crippen molar-refractivity contribution in [2.45, 2.75) is 32.0 Å². The summed E-state index contributed by atoms with van der Waals surface area (Å²) in [5, 5.41) is 11.4. The Kier molecular flexibility index (Phi) is 6.25. The zero-order chi connectivity index (χ0) is 16.0. The van der Waals surface area contributed by atoms with Crippen molar-refractivity contribution < 1.29 is 32.6 Å². The van der Waals surface area contributed by atoms with Crippen LogP contribution in [-0.2, 0) is 9.53 Å². The van der Waals surface area contributed by atoms with Crippen LogP contribution >= 0.6 is 0 Å². The van der Waals surface area contributed by atoms with E-state index in [-0.39, 0.29) is 19.2 Å². The lowest BCUT2D eigenvalue weighted by Gasteiger charge is -2.36. The molecule has 0 aromatic heterocycles. The third kappa shape index (κ3) is 6.19. The van der Waals surface area contributed by atoms with Gasteiger partial charge >= 0.3 is 18.2 Å². The molecule has 1 heterocycles. The third-order valence-corrected chi connectivity index (χ3v) is 3.27. The van der Waals surface area contributed by atoms with Crippen LogP contribution < -0.4 is 5.32 Å². The molecule has 2 amide bonds. The van der Waals surface area contributed by atoms with Crippen molar-refractivity contribution in [2.24, 2.45) is 5.92 Å². The molecule has 1 aliphatic rings. The number of rotatable bonds is 5. The standard InChI is InChI=1S/C12H19F3N2O4/c1-8-6-9(10(18)19)2-4-17(8)11(20)16-3-5-21-7-12(13,14)15/h8-9H,2-7H2,1H3,(H,16,20)(H,18,19). The van der Waals surface area contributed by atoms with Crippen molar-refractivity contribution in [1.82, 2.24) is 10.2 Å². The van der Waals surface area contributed by atoms with Crippen LogP contribution in [0, 0.1) is 5.92 Å². The summed E-state index contributed by atoms with van der Waals surface area (Å²) in [7, 11) is 0. The van der Waals surface area contributed by atoms with Gasteiger partial charge in [-0.25, -0.2) is 4.79 Å².